The highest BCUT2D eigenvalue weighted by molar-refractivity contribution is 5.97. The second-order valence-electron chi connectivity index (χ2n) is 7.87. The number of rotatable bonds is 9. The number of nitrogens with zero attached hydrogens (tertiary/aromatic N) is 2. The molecule has 1 aliphatic heterocycles. The number of benzene rings is 1. The Hall–Kier alpha value is -1.90. The topological polar surface area (TPSA) is 6.25 Å². The van der Waals surface area contributed by atoms with Crippen LogP contribution in [-0.4, -0.2) is 48.7 Å². The van der Waals surface area contributed by atoms with Crippen LogP contribution in [0.5, 0.6) is 0 Å². The second kappa shape index (κ2) is 13.3. The van der Waals surface area contributed by atoms with E-state index in [-0.39, 0.29) is 6.67 Å². The summed E-state index contributed by atoms with van der Waals surface area (Å²) in [5.41, 5.74) is 4.76. The average Bonchev–Trinajstić information content (AvgIpc) is 3.09. The molecule has 1 heterocycles. The normalized spacial score (nSPS) is 16.1. The number of hydrogen-bond acceptors (Lipinski definition) is 1. The van der Waals surface area contributed by atoms with Gasteiger partial charge < -0.3 is 0 Å². The van der Waals surface area contributed by atoms with E-state index >= 15 is 0 Å². The average molecular weight is 402 g/mol. The number of halogens is 1. The first kappa shape index (κ1) is 25.1. The van der Waals surface area contributed by atoms with E-state index < -0.39 is 0 Å². The van der Waals surface area contributed by atoms with Crippen LogP contribution in [0.4, 0.5) is 4.39 Å². The van der Waals surface area contributed by atoms with E-state index in [9.17, 15) is 4.39 Å². The Morgan fingerprint density at radius 1 is 1.24 bits per heavy atom. The molecule has 3 heteroatoms. The fourth-order valence-electron chi connectivity index (χ4n) is 3.92. The Bertz CT molecular complexity index is 715. The summed E-state index contributed by atoms with van der Waals surface area (Å²) >= 11 is 0. The third kappa shape index (κ3) is 7.45. The van der Waals surface area contributed by atoms with Gasteiger partial charge in [-0.1, -0.05) is 63.6 Å². The van der Waals surface area contributed by atoms with Crippen LogP contribution in [0, 0.1) is 0 Å². The predicted octanol–water partition coefficient (Wildman–Crippen LogP) is 6.57. The maximum atomic E-state index is 12.6. The zero-order valence-corrected chi connectivity index (χ0v) is 19.8. The van der Waals surface area contributed by atoms with E-state index in [1.54, 1.807) is 0 Å². The van der Waals surface area contributed by atoms with Crippen molar-refractivity contribution in [3.8, 4) is 0 Å². The second-order valence-corrected chi connectivity index (χ2v) is 7.87. The minimum Gasteiger partial charge on any atom is -0.260 e. The van der Waals surface area contributed by atoms with Crippen LogP contribution >= 0.6 is 0 Å². The molecule has 1 atom stereocenters. The SMILES string of the molecule is CC.CCCN1CC[N+](C)=C1c1ccccc1C(C)CC/C=C(C)\C=C(\C)CF. The molecule has 0 aromatic heterocycles. The van der Waals surface area contributed by atoms with Gasteiger partial charge in [0.2, 0.25) is 0 Å². The number of alkyl halides is 1. The van der Waals surface area contributed by atoms with Crippen LogP contribution < -0.4 is 0 Å². The first-order chi connectivity index (χ1) is 14.0. The standard InChI is InChI=1S/C24H36FN2.C2H6/c1-6-14-27-16-15-26(5)24(27)23-13-8-7-12-22(23)21(4)11-9-10-19(2)17-20(3)18-25;1-2/h7-8,10,12-13,17,21H,6,9,11,14-16,18H2,1-5H3;1-2H3/q+1;/b19-10-,20-17-;. The van der Waals surface area contributed by atoms with Crippen molar-refractivity contribution in [3.05, 3.63) is 58.7 Å². The summed E-state index contributed by atoms with van der Waals surface area (Å²) in [6.07, 6.45) is 7.47. The highest BCUT2D eigenvalue weighted by atomic mass is 19.1. The Labute approximate surface area is 178 Å². The number of likely N-dealkylation sites (N-methyl/N-ethyl adjacent to an activating group) is 1. The summed E-state index contributed by atoms with van der Waals surface area (Å²) in [6.45, 7) is 15.4. The molecule has 29 heavy (non-hydrogen) atoms. The van der Waals surface area contributed by atoms with Crippen molar-refractivity contribution in [3.63, 3.8) is 0 Å². The van der Waals surface area contributed by atoms with E-state index in [2.05, 4.69) is 67.6 Å². The van der Waals surface area contributed by atoms with Gasteiger partial charge in [-0.15, -0.1) is 0 Å². The summed E-state index contributed by atoms with van der Waals surface area (Å²) in [5.74, 6) is 1.87. The fourth-order valence-corrected chi connectivity index (χ4v) is 3.92. The van der Waals surface area contributed by atoms with Crippen molar-refractivity contribution < 1.29 is 8.97 Å². The third-order valence-electron chi connectivity index (χ3n) is 5.34. The molecule has 1 aromatic rings. The molecule has 0 spiro atoms. The molecule has 0 saturated heterocycles. The molecule has 162 valence electrons. The lowest BCUT2D eigenvalue weighted by Crippen LogP contribution is -2.31. The highest BCUT2D eigenvalue weighted by Crippen LogP contribution is 2.27. The minimum atomic E-state index is -0.366. The van der Waals surface area contributed by atoms with E-state index in [1.807, 2.05) is 26.8 Å². The smallest absolute Gasteiger partial charge is 0.260 e. The molecule has 0 bridgehead atoms. The van der Waals surface area contributed by atoms with E-state index in [4.69, 9.17) is 0 Å². The quantitative estimate of drug-likeness (QED) is 0.335. The van der Waals surface area contributed by atoms with E-state index in [1.165, 1.54) is 23.4 Å². The van der Waals surface area contributed by atoms with Crippen LogP contribution in [0.1, 0.15) is 77.8 Å². The van der Waals surface area contributed by atoms with Crippen molar-refractivity contribution in [2.24, 2.45) is 0 Å². The molecule has 0 aliphatic carbocycles. The van der Waals surface area contributed by atoms with Crippen molar-refractivity contribution in [2.45, 2.75) is 66.7 Å². The lowest BCUT2D eigenvalue weighted by atomic mass is 9.91. The lowest BCUT2D eigenvalue weighted by Gasteiger charge is -2.18. The van der Waals surface area contributed by atoms with Crippen molar-refractivity contribution in [2.75, 3.05) is 33.4 Å². The summed E-state index contributed by atoms with van der Waals surface area (Å²) in [5, 5.41) is 0. The van der Waals surface area contributed by atoms with E-state index in [0.717, 1.165) is 43.6 Å². The molecule has 1 aromatic carbocycles. The Morgan fingerprint density at radius 3 is 2.59 bits per heavy atom. The van der Waals surface area contributed by atoms with Gasteiger partial charge in [0, 0.05) is 0 Å². The Kier molecular flexibility index (Phi) is 11.6. The molecule has 1 unspecified atom stereocenters. The Balaban J connectivity index is 0.00000204. The lowest BCUT2D eigenvalue weighted by molar-refractivity contribution is -0.486. The molecule has 0 saturated carbocycles. The van der Waals surface area contributed by atoms with Gasteiger partial charge in [0.1, 0.15) is 19.8 Å². The van der Waals surface area contributed by atoms with Crippen LogP contribution in [0.3, 0.4) is 0 Å². The molecule has 0 fully saturated rings. The molecule has 0 amide bonds. The van der Waals surface area contributed by atoms with Crippen LogP contribution in [-0.2, 0) is 0 Å². The third-order valence-corrected chi connectivity index (χ3v) is 5.34. The molecule has 0 radical (unpaired) electrons. The molecule has 1 aliphatic rings. The predicted molar refractivity (Wildman–Crippen MR) is 126 cm³/mol. The van der Waals surface area contributed by atoms with Gasteiger partial charge in [0.05, 0.1) is 19.2 Å². The van der Waals surface area contributed by atoms with E-state index in [0.29, 0.717) is 5.92 Å². The first-order valence-electron chi connectivity index (χ1n) is 11.3. The van der Waals surface area contributed by atoms with Crippen LogP contribution in [0.15, 0.2) is 47.6 Å². The summed E-state index contributed by atoms with van der Waals surface area (Å²) < 4.78 is 15.0. The van der Waals surface area contributed by atoms with Gasteiger partial charge in [0.25, 0.3) is 5.84 Å². The van der Waals surface area contributed by atoms with Gasteiger partial charge in [0.15, 0.2) is 0 Å². The fraction of sp³-hybridized carbons (Fsp3) is 0.577. The monoisotopic (exact) mass is 401 g/mol. The first-order valence-corrected chi connectivity index (χ1v) is 11.3. The van der Waals surface area contributed by atoms with Gasteiger partial charge in [-0.3, -0.25) is 9.48 Å². The number of allylic oxidation sites excluding steroid dienone is 4. The largest absolute Gasteiger partial charge is 0.279 e. The van der Waals surface area contributed by atoms with Crippen molar-refractivity contribution in [1.29, 1.82) is 0 Å². The summed E-state index contributed by atoms with van der Waals surface area (Å²) in [7, 11) is 2.21. The number of hydrogen-bond donors (Lipinski definition) is 0. The molecule has 2 rings (SSSR count). The van der Waals surface area contributed by atoms with Crippen LogP contribution in [0.2, 0.25) is 0 Å². The molecule has 0 N–H and O–H groups in total. The summed E-state index contributed by atoms with van der Waals surface area (Å²) in [6, 6.07) is 8.87. The van der Waals surface area contributed by atoms with Gasteiger partial charge in [-0.25, -0.2) is 4.39 Å². The molecular weight excluding hydrogens is 359 g/mol. The van der Waals surface area contributed by atoms with Crippen LogP contribution in [0.25, 0.3) is 0 Å². The zero-order chi connectivity index (χ0) is 21.8. The minimum absolute atomic E-state index is 0.366. The Morgan fingerprint density at radius 2 is 1.93 bits per heavy atom. The number of amidine groups is 1. The molecular formula is C26H42FN2+. The van der Waals surface area contributed by atoms with Gasteiger partial charge >= 0.3 is 0 Å². The summed E-state index contributed by atoms with van der Waals surface area (Å²) in [4.78, 5) is 2.53. The van der Waals surface area contributed by atoms with Crippen molar-refractivity contribution in [1.82, 2.24) is 4.90 Å². The van der Waals surface area contributed by atoms with Gasteiger partial charge in [-0.2, -0.15) is 0 Å². The van der Waals surface area contributed by atoms with Crippen molar-refractivity contribution >= 4 is 5.84 Å². The zero-order valence-electron chi connectivity index (χ0n) is 19.8. The maximum Gasteiger partial charge on any atom is 0.279 e. The molecule has 2 nitrogen and oxygen atoms in total. The maximum absolute atomic E-state index is 12.6. The van der Waals surface area contributed by atoms with Gasteiger partial charge in [-0.05, 0) is 56.2 Å². The highest BCUT2D eigenvalue weighted by Gasteiger charge is 2.31.